The lowest BCUT2D eigenvalue weighted by Crippen LogP contribution is -2.58. The largest absolute Gasteiger partial charge is 0.412 e. The second-order valence-corrected chi connectivity index (χ2v) is 8.34. The van der Waals surface area contributed by atoms with E-state index in [9.17, 15) is 22.8 Å². The summed E-state index contributed by atoms with van der Waals surface area (Å²) in [5.41, 5.74) is 6.82. The van der Waals surface area contributed by atoms with Crippen LogP contribution in [0.5, 0.6) is 5.75 Å². The number of carbonyl (C=O) groups excluding carboxylic acids is 2. The maximum absolute atomic E-state index is 13.7. The monoisotopic (exact) mass is 500 g/mol. The van der Waals surface area contributed by atoms with Crippen molar-refractivity contribution in [2.75, 3.05) is 20.4 Å². The minimum atomic E-state index is -1.71. The summed E-state index contributed by atoms with van der Waals surface area (Å²) in [5.74, 6) is 0.455. The van der Waals surface area contributed by atoms with Crippen molar-refractivity contribution in [2.45, 2.75) is 12.1 Å². The first-order chi connectivity index (χ1) is 17.2. The molecule has 1 aliphatic heterocycles. The molecule has 0 bridgehead atoms. The Morgan fingerprint density at radius 1 is 1.06 bits per heavy atom. The van der Waals surface area contributed by atoms with Crippen LogP contribution in [-0.2, 0) is 21.6 Å². The summed E-state index contributed by atoms with van der Waals surface area (Å²) in [6.45, 7) is -0.127. The number of hydrogen-bond donors (Lipinski definition) is 3. The van der Waals surface area contributed by atoms with E-state index in [1.807, 2.05) is 0 Å². The highest BCUT2D eigenvalue weighted by Gasteiger charge is 2.41. The Morgan fingerprint density at radius 2 is 1.72 bits per heavy atom. The Bertz CT molecular complexity index is 1300. The van der Waals surface area contributed by atoms with Gasteiger partial charge in [-0.2, -0.15) is 5.90 Å². The summed E-state index contributed by atoms with van der Waals surface area (Å²) < 4.78 is 45.6. The second kappa shape index (κ2) is 9.97. The lowest BCUT2D eigenvalue weighted by molar-refractivity contribution is -0.128. The van der Waals surface area contributed by atoms with Gasteiger partial charge in [-0.1, -0.05) is 24.3 Å². The molecule has 2 amide bonds. The molecule has 0 aromatic heterocycles. The number of rotatable bonds is 8. The van der Waals surface area contributed by atoms with Crippen LogP contribution in [0.2, 0.25) is 0 Å². The molecule has 0 saturated carbocycles. The number of benzene rings is 3. The summed E-state index contributed by atoms with van der Waals surface area (Å²) in [6.07, 6.45) is 0. The van der Waals surface area contributed by atoms with Crippen molar-refractivity contribution in [1.82, 2.24) is 10.2 Å². The fourth-order valence-corrected chi connectivity index (χ4v) is 4.13. The quantitative estimate of drug-likeness (QED) is 0.249. The third-order valence-electron chi connectivity index (χ3n) is 6.03. The molecule has 0 fully saturated rings. The molecule has 4 rings (SSSR count). The zero-order valence-corrected chi connectivity index (χ0v) is 19.2. The molecule has 1 heterocycles. The average Bonchev–Trinajstić information content (AvgIpc) is 3.19. The van der Waals surface area contributed by atoms with Gasteiger partial charge in [0.05, 0.1) is 6.54 Å². The molecule has 5 N–H and O–H groups in total. The second-order valence-electron chi connectivity index (χ2n) is 8.34. The number of halogens is 3. The number of ether oxygens (including phenoxy) is 1. The third kappa shape index (κ3) is 4.63. The van der Waals surface area contributed by atoms with Crippen molar-refractivity contribution >= 4 is 11.8 Å². The van der Waals surface area contributed by atoms with Crippen molar-refractivity contribution in [3.8, 4) is 16.9 Å². The molecular formula is C25H23F3N4O4. The van der Waals surface area contributed by atoms with Gasteiger partial charge in [0.15, 0.2) is 17.5 Å². The van der Waals surface area contributed by atoms with Crippen LogP contribution in [0.15, 0.2) is 54.6 Å². The number of hydrogen-bond acceptors (Lipinski definition) is 6. The number of carbonyl (C=O) groups is 2. The standard InChI is InChI=1S/C25H23F3N4O4/c1-35-13-31-24(34)25(29,12-32-11-16-8-18(36-30)6-7-19(16)23(32)33)17-4-2-14(3-5-17)15-9-20(26)22(28)21(27)10-15/h2-10H,11-13,29-30H2,1H3,(H,31,34). The predicted octanol–water partition coefficient (Wildman–Crippen LogP) is 2.55. The van der Waals surface area contributed by atoms with Gasteiger partial charge in [0.25, 0.3) is 5.91 Å². The summed E-state index contributed by atoms with van der Waals surface area (Å²) in [5, 5.41) is 2.57. The molecule has 36 heavy (non-hydrogen) atoms. The van der Waals surface area contributed by atoms with Crippen LogP contribution in [0, 0.1) is 17.5 Å². The fourth-order valence-electron chi connectivity index (χ4n) is 4.13. The molecule has 11 heteroatoms. The zero-order valence-electron chi connectivity index (χ0n) is 19.2. The van der Waals surface area contributed by atoms with Crippen molar-refractivity contribution in [3.63, 3.8) is 0 Å². The van der Waals surface area contributed by atoms with Crippen LogP contribution < -0.4 is 21.8 Å². The van der Waals surface area contributed by atoms with Crippen LogP contribution >= 0.6 is 0 Å². The maximum atomic E-state index is 13.7. The summed E-state index contributed by atoms with van der Waals surface area (Å²) >= 11 is 0. The average molecular weight is 500 g/mol. The van der Waals surface area contributed by atoms with Crippen LogP contribution in [-0.4, -0.2) is 37.1 Å². The number of nitrogens with one attached hydrogen (secondary N) is 1. The molecule has 1 aliphatic rings. The van der Waals surface area contributed by atoms with Gasteiger partial charge >= 0.3 is 0 Å². The lowest BCUT2D eigenvalue weighted by Gasteiger charge is -2.33. The van der Waals surface area contributed by atoms with Gasteiger partial charge in [0.1, 0.15) is 18.0 Å². The van der Waals surface area contributed by atoms with Crippen LogP contribution in [0.3, 0.4) is 0 Å². The number of nitrogens with two attached hydrogens (primary N) is 2. The van der Waals surface area contributed by atoms with E-state index in [2.05, 4.69) is 5.32 Å². The Balaban J connectivity index is 1.65. The van der Waals surface area contributed by atoms with Gasteiger partial charge in [-0.3, -0.25) is 9.59 Å². The first-order valence-corrected chi connectivity index (χ1v) is 10.8. The number of nitrogens with zero attached hydrogens (tertiary/aromatic N) is 1. The Kier molecular flexibility index (Phi) is 6.97. The van der Waals surface area contributed by atoms with Gasteiger partial charge < -0.3 is 25.5 Å². The molecule has 0 saturated heterocycles. The van der Waals surface area contributed by atoms with Crippen LogP contribution in [0.1, 0.15) is 21.5 Å². The van der Waals surface area contributed by atoms with E-state index in [4.69, 9.17) is 21.2 Å². The van der Waals surface area contributed by atoms with Gasteiger partial charge in [-0.25, -0.2) is 13.2 Å². The first kappa shape index (κ1) is 25.2. The highest BCUT2D eigenvalue weighted by molar-refractivity contribution is 5.99. The molecule has 0 spiro atoms. The zero-order chi connectivity index (χ0) is 26.0. The Morgan fingerprint density at radius 3 is 2.33 bits per heavy atom. The van der Waals surface area contributed by atoms with Crippen LogP contribution in [0.25, 0.3) is 11.1 Å². The van der Waals surface area contributed by atoms with Crippen molar-refractivity contribution in [3.05, 3.63) is 88.7 Å². The van der Waals surface area contributed by atoms with Crippen LogP contribution in [0.4, 0.5) is 13.2 Å². The third-order valence-corrected chi connectivity index (χ3v) is 6.03. The summed E-state index contributed by atoms with van der Waals surface area (Å²) in [4.78, 5) is 32.3. The van der Waals surface area contributed by atoms with Gasteiger partial charge in [0, 0.05) is 19.2 Å². The lowest BCUT2D eigenvalue weighted by atomic mass is 9.88. The molecule has 0 aliphatic carbocycles. The molecule has 3 aromatic rings. The van der Waals surface area contributed by atoms with E-state index >= 15 is 0 Å². The Labute approximate surface area is 204 Å². The molecule has 3 aromatic carbocycles. The van der Waals surface area contributed by atoms with Crippen molar-refractivity contribution < 1.29 is 32.3 Å². The van der Waals surface area contributed by atoms with E-state index in [0.29, 0.717) is 28.0 Å². The normalized spacial score (nSPS) is 14.4. The SMILES string of the molecule is COCNC(=O)C(N)(CN1Cc2cc(ON)ccc2C1=O)c1ccc(-c2cc(F)c(F)c(F)c2)cc1. The number of fused-ring (bicyclic) bond motifs is 1. The number of amides is 2. The molecule has 1 unspecified atom stereocenters. The molecular weight excluding hydrogens is 477 g/mol. The molecule has 0 radical (unpaired) electrons. The van der Waals surface area contributed by atoms with E-state index in [0.717, 1.165) is 12.1 Å². The summed E-state index contributed by atoms with van der Waals surface area (Å²) in [6, 6.07) is 12.5. The molecule has 8 nitrogen and oxygen atoms in total. The topological polar surface area (TPSA) is 120 Å². The van der Waals surface area contributed by atoms with E-state index in [1.54, 1.807) is 18.2 Å². The van der Waals surface area contributed by atoms with E-state index in [-0.39, 0.29) is 31.3 Å². The smallest absolute Gasteiger partial charge is 0.254 e. The fraction of sp³-hybridized carbons (Fsp3) is 0.200. The molecule has 188 valence electrons. The van der Waals surface area contributed by atoms with E-state index < -0.39 is 28.9 Å². The van der Waals surface area contributed by atoms with E-state index in [1.165, 1.54) is 36.3 Å². The Hall–Kier alpha value is -3.93. The summed E-state index contributed by atoms with van der Waals surface area (Å²) in [7, 11) is 1.39. The van der Waals surface area contributed by atoms with Crippen molar-refractivity contribution in [2.24, 2.45) is 11.6 Å². The minimum absolute atomic E-state index is 0.104. The predicted molar refractivity (Wildman–Crippen MR) is 124 cm³/mol. The highest BCUT2D eigenvalue weighted by Crippen LogP contribution is 2.31. The number of methoxy groups -OCH3 is 1. The highest BCUT2D eigenvalue weighted by atomic mass is 19.2. The minimum Gasteiger partial charge on any atom is -0.412 e. The first-order valence-electron chi connectivity index (χ1n) is 10.8. The van der Waals surface area contributed by atoms with Gasteiger partial charge in [0.2, 0.25) is 5.91 Å². The maximum Gasteiger partial charge on any atom is 0.254 e. The molecule has 1 atom stereocenters. The van der Waals surface area contributed by atoms with Gasteiger partial charge in [-0.05, 0) is 52.6 Å². The van der Waals surface area contributed by atoms with Gasteiger partial charge in [-0.15, -0.1) is 0 Å². The van der Waals surface area contributed by atoms with Crippen molar-refractivity contribution in [1.29, 1.82) is 0 Å².